The summed E-state index contributed by atoms with van der Waals surface area (Å²) in [5.41, 5.74) is 2.35. The minimum atomic E-state index is -0.650. The summed E-state index contributed by atoms with van der Waals surface area (Å²) in [5.74, 6) is 0.634. The third-order valence-electron chi connectivity index (χ3n) is 3.49. The van der Waals surface area contributed by atoms with Crippen LogP contribution in [-0.2, 0) is 6.54 Å². The molecule has 1 unspecified atom stereocenters. The number of fused-ring (bicyclic) bond motifs is 1. The van der Waals surface area contributed by atoms with Crippen LogP contribution >= 0.6 is 11.6 Å². The van der Waals surface area contributed by atoms with Crippen LogP contribution in [0.5, 0.6) is 0 Å². The number of aliphatic hydroxyl groups excluding tert-OH is 1. The first-order chi connectivity index (χ1) is 10.6. The molecule has 22 heavy (non-hydrogen) atoms. The van der Waals surface area contributed by atoms with Crippen LogP contribution in [-0.4, -0.2) is 28.6 Å². The SMILES string of the molecule is CN(Cc1nc2ccccc2o1)CC(O)c1ccccc1Cl. The van der Waals surface area contributed by atoms with Crippen molar-refractivity contribution in [1.29, 1.82) is 0 Å². The smallest absolute Gasteiger partial charge is 0.209 e. The van der Waals surface area contributed by atoms with Gasteiger partial charge in [-0.15, -0.1) is 0 Å². The van der Waals surface area contributed by atoms with Gasteiger partial charge in [0.2, 0.25) is 5.89 Å². The summed E-state index contributed by atoms with van der Waals surface area (Å²) in [4.78, 5) is 6.39. The number of aromatic nitrogens is 1. The number of rotatable bonds is 5. The Kier molecular flexibility index (Phi) is 4.43. The second-order valence-corrected chi connectivity index (χ2v) is 5.72. The van der Waals surface area contributed by atoms with Crippen LogP contribution in [0.15, 0.2) is 52.9 Å². The number of likely N-dealkylation sites (N-methyl/N-ethyl adjacent to an activating group) is 1. The Hall–Kier alpha value is -1.88. The highest BCUT2D eigenvalue weighted by molar-refractivity contribution is 6.31. The third-order valence-corrected chi connectivity index (χ3v) is 3.84. The van der Waals surface area contributed by atoms with E-state index in [9.17, 15) is 5.11 Å². The van der Waals surface area contributed by atoms with Crippen molar-refractivity contribution in [3.05, 3.63) is 65.0 Å². The van der Waals surface area contributed by atoms with Crippen LogP contribution < -0.4 is 0 Å². The summed E-state index contributed by atoms with van der Waals surface area (Å²) >= 11 is 6.11. The molecule has 3 rings (SSSR count). The lowest BCUT2D eigenvalue weighted by Gasteiger charge is -2.20. The molecule has 0 saturated carbocycles. The van der Waals surface area contributed by atoms with Gasteiger partial charge < -0.3 is 9.52 Å². The first-order valence-electron chi connectivity index (χ1n) is 7.09. The van der Waals surface area contributed by atoms with Crippen LogP contribution in [0.3, 0.4) is 0 Å². The van der Waals surface area contributed by atoms with Crippen molar-refractivity contribution < 1.29 is 9.52 Å². The summed E-state index contributed by atoms with van der Waals surface area (Å²) in [7, 11) is 1.91. The number of hydrogen-bond donors (Lipinski definition) is 1. The van der Waals surface area contributed by atoms with E-state index in [4.69, 9.17) is 16.0 Å². The maximum atomic E-state index is 10.3. The molecule has 3 aromatic rings. The van der Waals surface area contributed by atoms with Gasteiger partial charge in [-0.25, -0.2) is 4.98 Å². The van der Waals surface area contributed by atoms with Gasteiger partial charge in [-0.3, -0.25) is 4.90 Å². The summed E-state index contributed by atoms with van der Waals surface area (Å²) < 4.78 is 5.69. The number of benzene rings is 2. The van der Waals surface area contributed by atoms with E-state index in [-0.39, 0.29) is 0 Å². The van der Waals surface area contributed by atoms with E-state index in [1.54, 1.807) is 6.07 Å². The Morgan fingerprint density at radius 1 is 1.18 bits per heavy atom. The fraction of sp³-hybridized carbons (Fsp3) is 0.235. The number of para-hydroxylation sites is 2. The Morgan fingerprint density at radius 3 is 2.68 bits per heavy atom. The van der Waals surface area contributed by atoms with Gasteiger partial charge in [-0.2, -0.15) is 0 Å². The Labute approximate surface area is 134 Å². The fourth-order valence-corrected chi connectivity index (χ4v) is 2.68. The monoisotopic (exact) mass is 316 g/mol. The average Bonchev–Trinajstić information content (AvgIpc) is 2.89. The predicted molar refractivity (Wildman–Crippen MR) is 86.8 cm³/mol. The Morgan fingerprint density at radius 2 is 1.91 bits per heavy atom. The molecule has 1 aromatic heterocycles. The van der Waals surface area contributed by atoms with E-state index in [0.29, 0.717) is 24.0 Å². The number of halogens is 1. The van der Waals surface area contributed by atoms with Gasteiger partial charge in [-0.05, 0) is 25.2 Å². The van der Waals surface area contributed by atoms with Crippen LogP contribution in [0.1, 0.15) is 17.6 Å². The molecular formula is C17H17ClN2O2. The first kappa shape index (κ1) is 15.0. The molecule has 2 aromatic carbocycles. The van der Waals surface area contributed by atoms with Gasteiger partial charge >= 0.3 is 0 Å². The maximum Gasteiger partial charge on any atom is 0.209 e. The van der Waals surface area contributed by atoms with Crippen molar-refractivity contribution in [1.82, 2.24) is 9.88 Å². The molecule has 0 aliphatic carbocycles. The molecule has 0 spiro atoms. The lowest BCUT2D eigenvalue weighted by Crippen LogP contribution is -2.24. The van der Waals surface area contributed by atoms with Crippen molar-refractivity contribution in [3.63, 3.8) is 0 Å². The second kappa shape index (κ2) is 6.48. The highest BCUT2D eigenvalue weighted by atomic mass is 35.5. The predicted octanol–water partition coefficient (Wildman–Crippen LogP) is 3.65. The molecule has 0 aliphatic heterocycles. The minimum absolute atomic E-state index is 0.447. The van der Waals surface area contributed by atoms with E-state index in [1.807, 2.05) is 54.4 Å². The molecular weight excluding hydrogens is 300 g/mol. The van der Waals surface area contributed by atoms with Gasteiger partial charge in [0.05, 0.1) is 12.6 Å². The van der Waals surface area contributed by atoms with Crippen molar-refractivity contribution in [2.24, 2.45) is 0 Å². The molecule has 0 fully saturated rings. The number of oxazole rings is 1. The lowest BCUT2D eigenvalue weighted by atomic mass is 10.1. The van der Waals surface area contributed by atoms with Crippen molar-refractivity contribution in [2.75, 3.05) is 13.6 Å². The number of hydrogen-bond acceptors (Lipinski definition) is 4. The van der Waals surface area contributed by atoms with Crippen LogP contribution in [0.25, 0.3) is 11.1 Å². The van der Waals surface area contributed by atoms with Crippen LogP contribution in [0.4, 0.5) is 0 Å². The van der Waals surface area contributed by atoms with Gasteiger partial charge in [-0.1, -0.05) is 41.9 Å². The minimum Gasteiger partial charge on any atom is -0.439 e. The molecule has 0 radical (unpaired) electrons. The average molecular weight is 317 g/mol. The molecule has 0 aliphatic rings. The largest absolute Gasteiger partial charge is 0.439 e. The van der Waals surface area contributed by atoms with Crippen LogP contribution in [0.2, 0.25) is 5.02 Å². The summed E-state index contributed by atoms with van der Waals surface area (Å²) in [5, 5.41) is 10.9. The molecule has 4 nitrogen and oxygen atoms in total. The van der Waals surface area contributed by atoms with Gasteiger partial charge in [0.15, 0.2) is 5.58 Å². The highest BCUT2D eigenvalue weighted by Gasteiger charge is 2.15. The van der Waals surface area contributed by atoms with E-state index in [0.717, 1.165) is 16.7 Å². The van der Waals surface area contributed by atoms with Gasteiger partial charge in [0.25, 0.3) is 0 Å². The number of aliphatic hydroxyl groups is 1. The summed E-state index contributed by atoms with van der Waals surface area (Å²) in [6.45, 7) is 0.971. The second-order valence-electron chi connectivity index (χ2n) is 5.31. The fourth-order valence-electron chi connectivity index (χ4n) is 2.42. The normalized spacial score (nSPS) is 12.9. The zero-order valence-electron chi connectivity index (χ0n) is 12.2. The van der Waals surface area contributed by atoms with Crippen molar-refractivity contribution >= 4 is 22.7 Å². The first-order valence-corrected chi connectivity index (χ1v) is 7.47. The van der Waals surface area contributed by atoms with E-state index in [2.05, 4.69) is 4.98 Å². The molecule has 114 valence electrons. The third kappa shape index (κ3) is 3.30. The maximum absolute atomic E-state index is 10.3. The zero-order chi connectivity index (χ0) is 15.5. The summed E-state index contributed by atoms with van der Waals surface area (Å²) in [6, 6.07) is 15.0. The molecule has 1 heterocycles. The molecule has 0 amide bonds. The van der Waals surface area contributed by atoms with Gasteiger partial charge in [0, 0.05) is 17.1 Å². The zero-order valence-corrected chi connectivity index (χ0v) is 13.0. The van der Waals surface area contributed by atoms with E-state index >= 15 is 0 Å². The summed E-state index contributed by atoms with van der Waals surface area (Å²) in [6.07, 6.45) is -0.650. The Bertz CT molecular complexity index is 739. The molecule has 1 N–H and O–H groups in total. The van der Waals surface area contributed by atoms with Crippen molar-refractivity contribution in [2.45, 2.75) is 12.6 Å². The topological polar surface area (TPSA) is 49.5 Å². The quantitative estimate of drug-likeness (QED) is 0.780. The number of nitrogens with zero attached hydrogens (tertiary/aromatic N) is 2. The van der Waals surface area contributed by atoms with Crippen LogP contribution in [0, 0.1) is 0 Å². The molecule has 1 atom stereocenters. The highest BCUT2D eigenvalue weighted by Crippen LogP contribution is 2.23. The standard InChI is InChI=1S/C17H17ClN2O2/c1-20(10-15(21)12-6-2-3-7-13(12)18)11-17-19-14-8-4-5-9-16(14)22-17/h2-9,15,21H,10-11H2,1H3. The van der Waals surface area contributed by atoms with Crippen molar-refractivity contribution in [3.8, 4) is 0 Å². The molecule has 0 bridgehead atoms. The van der Waals surface area contributed by atoms with E-state index in [1.165, 1.54) is 0 Å². The molecule has 0 saturated heterocycles. The van der Waals surface area contributed by atoms with Gasteiger partial charge in [0.1, 0.15) is 5.52 Å². The lowest BCUT2D eigenvalue weighted by molar-refractivity contribution is 0.119. The Balaban J connectivity index is 1.67. The van der Waals surface area contributed by atoms with E-state index < -0.39 is 6.10 Å². The molecule has 5 heteroatoms.